The molecule has 0 spiro atoms. The second-order valence-corrected chi connectivity index (χ2v) is 6.03. The summed E-state index contributed by atoms with van der Waals surface area (Å²) in [5.74, 6) is -1.63. The molecule has 106 valence electrons. The van der Waals surface area contributed by atoms with Crippen LogP contribution >= 0.6 is 23.5 Å². The van der Waals surface area contributed by atoms with Crippen LogP contribution in [0.1, 0.15) is 6.92 Å². The molecule has 1 heterocycles. The summed E-state index contributed by atoms with van der Waals surface area (Å²) in [6.07, 6.45) is 0. The fraction of sp³-hybridized carbons (Fsp3) is 0.600. The van der Waals surface area contributed by atoms with Crippen LogP contribution in [-0.2, 0) is 14.4 Å². The maximum Gasteiger partial charge on any atom is 0.313 e. The van der Waals surface area contributed by atoms with Crippen LogP contribution in [0.15, 0.2) is 0 Å². The van der Waals surface area contributed by atoms with Gasteiger partial charge in [0.25, 0.3) is 5.24 Å². The molecule has 1 fully saturated rings. The number of aliphatic carboxylic acids is 1. The molecule has 7 nitrogen and oxygen atoms in total. The quantitative estimate of drug-likeness (QED) is 0.682. The largest absolute Gasteiger partial charge is 0.481 e. The van der Waals surface area contributed by atoms with Crippen LogP contribution in [0.3, 0.4) is 0 Å². The lowest BCUT2D eigenvalue weighted by atomic mass is 10.4. The van der Waals surface area contributed by atoms with Gasteiger partial charge in [-0.25, -0.2) is 0 Å². The second-order valence-electron chi connectivity index (χ2n) is 3.75. The summed E-state index contributed by atoms with van der Waals surface area (Å²) in [6.45, 7) is 1.98. The maximum atomic E-state index is 11.5. The van der Waals surface area contributed by atoms with E-state index in [2.05, 4.69) is 5.32 Å². The highest BCUT2D eigenvalue weighted by atomic mass is 32.2. The van der Waals surface area contributed by atoms with E-state index in [1.165, 1.54) is 0 Å². The van der Waals surface area contributed by atoms with Gasteiger partial charge in [-0.05, 0) is 6.92 Å². The molecular weight excluding hydrogens is 292 g/mol. The molecule has 0 radical (unpaired) electrons. The summed E-state index contributed by atoms with van der Waals surface area (Å²) >= 11 is 1.96. The average molecular weight is 306 g/mol. The molecule has 0 aromatic rings. The van der Waals surface area contributed by atoms with Gasteiger partial charge in [0.1, 0.15) is 0 Å². The zero-order valence-corrected chi connectivity index (χ0v) is 11.9. The van der Waals surface area contributed by atoms with Crippen molar-refractivity contribution in [2.75, 3.05) is 24.6 Å². The van der Waals surface area contributed by atoms with Gasteiger partial charge < -0.3 is 10.4 Å². The van der Waals surface area contributed by atoms with E-state index >= 15 is 0 Å². The molecule has 9 heteroatoms. The number of carboxylic acid groups (broad SMARTS) is 1. The molecule has 3 amide bonds. The third-order valence-electron chi connectivity index (χ3n) is 2.23. The molecule has 0 saturated carbocycles. The Bertz CT molecular complexity index is 401. The van der Waals surface area contributed by atoms with E-state index in [0.29, 0.717) is 0 Å². The number of nitrogens with one attached hydrogen (secondary N) is 1. The van der Waals surface area contributed by atoms with Crippen LogP contribution in [0.25, 0.3) is 0 Å². The Hall–Kier alpha value is -1.22. The highest BCUT2D eigenvalue weighted by molar-refractivity contribution is 8.15. The van der Waals surface area contributed by atoms with Crippen molar-refractivity contribution >= 4 is 46.5 Å². The Morgan fingerprint density at radius 1 is 1.42 bits per heavy atom. The molecule has 1 unspecified atom stereocenters. The second kappa shape index (κ2) is 7.39. The first-order valence-corrected chi connectivity index (χ1v) is 7.53. The minimum absolute atomic E-state index is 0.0410. The van der Waals surface area contributed by atoms with Gasteiger partial charge in [-0.3, -0.25) is 24.1 Å². The van der Waals surface area contributed by atoms with Gasteiger partial charge in [0.2, 0.25) is 11.8 Å². The van der Waals surface area contributed by atoms with E-state index in [1.54, 1.807) is 6.92 Å². The van der Waals surface area contributed by atoms with E-state index in [1.807, 2.05) is 0 Å². The monoisotopic (exact) mass is 306 g/mol. The lowest BCUT2D eigenvalue weighted by molar-refractivity contribution is -0.134. The fourth-order valence-corrected chi connectivity index (χ4v) is 2.77. The van der Waals surface area contributed by atoms with Gasteiger partial charge >= 0.3 is 5.97 Å². The third kappa shape index (κ3) is 5.11. The predicted octanol–water partition coefficient (Wildman–Crippen LogP) is 0.00430. The highest BCUT2D eigenvalue weighted by Gasteiger charge is 2.36. The summed E-state index contributed by atoms with van der Waals surface area (Å²) < 4.78 is 0. The van der Waals surface area contributed by atoms with Crippen molar-refractivity contribution in [1.82, 2.24) is 10.2 Å². The number of thioether (sulfide) groups is 2. The van der Waals surface area contributed by atoms with Crippen molar-refractivity contribution in [3.63, 3.8) is 0 Å². The normalized spacial score (nSPS) is 18.8. The number of carbonyl (C=O) groups excluding carboxylic acids is 3. The molecule has 1 aliphatic rings. The number of rotatable bonds is 7. The molecule has 0 aliphatic carbocycles. The van der Waals surface area contributed by atoms with Gasteiger partial charge in [0.05, 0.1) is 16.8 Å². The van der Waals surface area contributed by atoms with Gasteiger partial charge in [0, 0.05) is 13.1 Å². The van der Waals surface area contributed by atoms with Gasteiger partial charge in [-0.1, -0.05) is 11.8 Å². The topological polar surface area (TPSA) is 104 Å². The Balaban J connectivity index is 2.20. The van der Waals surface area contributed by atoms with E-state index in [0.717, 1.165) is 28.4 Å². The van der Waals surface area contributed by atoms with Crippen molar-refractivity contribution in [3.05, 3.63) is 0 Å². The molecule has 0 aromatic heterocycles. The summed E-state index contributed by atoms with van der Waals surface area (Å²) in [5, 5.41) is 10.3. The zero-order chi connectivity index (χ0) is 14.4. The Morgan fingerprint density at radius 2 is 2.11 bits per heavy atom. The molecule has 1 aliphatic heterocycles. The van der Waals surface area contributed by atoms with Crippen LogP contribution in [0.4, 0.5) is 4.79 Å². The van der Waals surface area contributed by atoms with Crippen LogP contribution in [0.5, 0.6) is 0 Å². The van der Waals surface area contributed by atoms with E-state index < -0.39 is 5.97 Å². The van der Waals surface area contributed by atoms with Crippen molar-refractivity contribution in [3.8, 4) is 0 Å². The number of hydrogen-bond donors (Lipinski definition) is 2. The Labute approximate surface area is 118 Å². The Morgan fingerprint density at radius 3 is 2.63 bits per heavy atom. The first kappa shape index (κ1) is 15.8. The van der Waals surface area contributed by atoms with E-state index in [-0.39, 0.29) is 46.9 Å². The standard InChI is InChI=1S/C10H14N2O5S2/c1-6-9(16)12(10(17)19-6)3-2-11-7(13)4-18-5-8(14)15/h6H,2-5H2,1H3,(H,11,13)(H,14,15). The molecule has 0 aromatic carbocycles. The van der Waals surface area contributed by atoms with Gasteiger partial charge in [-0.15, -0.1) is 11.8 Å². The Kier molecular flexibility index (Phi) is 6.16. The average Bonchev–Trinajstić information content (AvgIpc) is 2.55. The lowest BCUT2D eigenvalue weighted by Gasteiger charge is -2.13. The van der Waals surface area contributed by atoms with Crippen molar-refractivity contribution < 1.29 is 24.3 Å². The zero-order valence-electron chi connectivity index (χ0n) is 10.2. The summed E-state index contributed by atoms with van der Waals surface area (Å²) in [7, 11) is 0. The summed E-state index contributed by atoms with van der Waals surface area (Å²) in [6, 6.07) is 0. The van der Waals surface area contributed by atoms with Gasteiger partial charge in [-0.2, -0.15) is 0 Å². The number of imide groups is 1. The smallest absolute Gasteiger partial charge is 0.313 e. The lowest BCUT2D eigenvalue weighted by Crippen LogP contribution is -2.38. The minimum atomic E-state index is -0.975. The van der Waals surface area contributed by atoms with E-state index in [4.69, 9.17) is 5.11 Å². The van der Waals surface area contributed by atoms with Crippen molar-refractivity contribution in [2.24, 2.45) is 0 Å². The van der Waals surface area contributed by atoms with E-state index in [9.17, 15) is 19.2 Å². The molecule has 1 atom stereocenters. The number of nitrogens with zero attached hydrogens (tertiary/aromatic N) is 1. The van der Waals surface area contributed by atoms with Crippen LogP contribution in [0.2, 0.25) is 0 Å². The fourth-order valence-electron chi connectivity index (χ4n) is 1.37. The van der Waals surface area contributed by atoms with Crippen molar-refractivity contribution in [1.29, 1.82) is 0 Å². The van der Waals surface area contributed by atoms with Crippen LogP contribution in [0, 0.1) is 0 Å². The van der Waals surface area contributed by atoms with Crippen LogP contribution < -0.4 is 5.32 Å². The van der Waals surface area contributed by atoms with Crippen LogP contribution in [-0.4, -0.2) is 62.9 Å². The molecule has 0 bridgehead atoms. The molecular formula is C10H14N2O5S2. The molecule has 1 rings (SSSR count). The summed E-state index contributed by atoms with van der Waals surface area (Å²) in [4.78, 5) is 45.6. The SMILES string of the molecule is CC1SC(=O)N(CCNC(=O)CSCC(=O)O)C1=O. The molecule has 2 N–H and O–H groups in total. The number of hydrogen-bond acceptors (Lipinski definition) is 6. The first-order chi connectivity index (χ1) is 8.91. The minimum Gasteiger partial charge on any atom is -0.481 e. The predicted molar refractivity (Wildman–Crippen MR) is 72.1 cm³/mol. The van der Waals surface area contributed by atoms with Crippen molar-refractivity contribution in [2.45, 2.75) is 12.2 Å². The number of carboxylic acids is 1. The van der Waals surface area contributed by atoms with Gasteiger partial charge in [0.15, 0.2) is 0 Å². The summed E-state index contributed by atoms with van der Waals surface area (Å²) in [5.41, 5.74) is 0. The first-order valence-electron chi connectivity index (χ1n) is 5.50. The molecule has 19 heavy (non-hydrogen) atoms. The molecule has 1 saturated heterocycles. The highest BCUT2D eigenvalue weighted by Crippen LogP contribution is 2.25. The third-order valence-corrected chi connectivity index (χ3v) is 4.12. The maximum absolute atomic E-state index is 11.5. The number of amides is 3. The number of carbonyl (C=O) groups is 4.